The number of ether oxygens (including phenoxy) is 2. The first-order valence-electron chi connectivity index (χ1n) is 10.5. The van der Waals surface area contributed by atoms with Gasteiger partial charge in [0.05, 0.1) is 25.1 Å². The predicted molar refractivity (Wildman–Crippen MR) is 118 cm³/mol. The molecule has 6 nitrogen and oxygen atoms in total. The van der Waals surface area contributed by atoms with Crippen LogP contribution in [0.4, 0.5) is 0 Å². The summed E-state index contributed by atoms with van der Waals surface area (Å²) in [7, 11) is 0. The molecule has 1 saturated heterocycles. The smallest absolute Gasteiger partial charge is 0.325 e. The van der Waals surface area contributed by atoms with Crippen molar-refractivity contribution >= 4 is 28.6 Å². The number of fused-ring (bicyclic) bond motifs is 2. The number of hydrogen-bond donors (Lipinski definition) is 0. The minimum absolute atomic E-state index is 0.0149. The van der Waals surface area contributed by atoms with Crippen LogP contribution in [-0.2, 0) is 16.0 Å². The zero-order chi connectivity index (χ0) is 21.2. The van der Waals surface area contributed by atoms with E-state index in [2.05, 4.69) is 6.08 Å². The van der Waals surface area contributed by atoms with Gasteiger partial charge in [0.1, 0.15) is 17.1 Å². The van der Waals surface area contributed by atoms with Gasteiger partial charge in [-0.05, 0) is 42.2 Å². The fourth-order valence-corrected chi connectivity index (χ4v) is 4.13. The summed E-state index contributed by atoms with van der Waals surface area (Å²) in [6.45, 7) is 2.88. The van der Waals surface area contributed by atoms with Gasteiger partial charge in [0.15, 0.2) is 5.43 Å². The quantitative estimate of drug-likeness (QED) is 0.478. The summed E-state index contributed by atoms with van der Waals surface area (Å²) in [5.41, 5.74) is 3.21. The number of morpholine rings is 1. The van der Waals surface area contributed by atoms with Crippen molar-refractivity contribution in [2.45, 2.75) is 12.8 Å². The van der Waals surface area contributed by atoms with Crippen molar-refractivity contribution in [2.24, 2.45) is 0 Å². The first kappa shape index (κ1) is 19.7. The molecule has 0 N–H and O–H groups in total. The normalized spacial score (nSPS) is 17.7. The second kappa shape index (κ2) is 8.49. The predicted octanol–water partition coefficient (Wildman–Crippen LogP) is 3.52. The van der Waals surface area contributed by atoms with Gasteiger partial charge in [-0.25, -0.2) is 0 Å². The molecule has 3 aromatic rings. The number of carbonyl (C=O) groups is 1. The molecule has 1 aromatic heterocycles. The van der Waals surface area contributed by atoms with E-state index >= 15 is 0 Å². The molecule has 0 atom stereocenters. The molecule has 1 fully saturated rings. The SMILES string of the molecule is O=C(CN1CCOCC1)Oc1ccc2c(=O)c3c(oc2c1)/C(=C/c1ccccc1)CC3. The lowest BCUT2D eigenvalue weighted by Crippen LogP contribution is -2.40. The van der Waals surface area contributed by atoms with E-state index in [4.69, 9.17) is 13.9 Å². The lowest BCUT2D eigenvalue weighted by atomic mass is 10.1. The summed E-state index contributed by atoms with van der Waals surface area (Å²) in [5.74, 6) is 0.674. The molecule has 5 rings (SSSR count). The van der Waals surface area contributed by atoms with Gasteiger partial charge in [0.25, 0.3) is 0 Å². The maximum Gasteiger partial charge on any atom is 0.325 e. The first-order chi connectivity index (χ1) is 15.2. The molecule has 0 spiro atoms. The van der Waals surface area contributed by atoms with Crippen LogP contribution in [0, 0.1) is 0 Å². The van der Waals surface area contributed by atoms with Gasteiger partial charge in [-0.15, -0.1) is 0 Å². The van der Waals surface area contributed by atoms with Crippen LogP contribution in [0.25, 0.3) is 22.6 Å². The topological polar surface area (TPSA) is 69.0 Å². The summed E-state index contributed by atoms with van der Waals surface area (Å²) in [6, 6.07) is 14.9. The highest BCUT2D eigenvalue weighted by atomic mass is 16.5. The summed E-state index contributed by atoms with van der Waals surface area (Å²) < 4.78 is 17.0. The average molecular weight is 417 g/mol. The van der Waals surface area contributed by atoms with Crippen LogP contribution in [0.2, 0.25) is 0 Å². The number of nitrogens with zero attached hydrogens (tertiary/aromatic N) is 1. The Balaban J connectivity index is 1.42. The number of allylic oxidation sites excluding steroid dienone is 1. The number of hydrogen-bond acceptors (Lipinski definition) is 6. The Hall–Kier alpha value is -3.22. The molecule has 1 aliphatic heterocycles. The van der Waals surface area contributed by atoms with E-state index in [9.17, 15) is 9.59 Å². The van der Waals surface area contributed by atoms with Crippen LogP contribution >= 0.6 is 0 Å². The minimum Gasteiger partial charge on any atom is -0.456 e. The molecule has 2 aliphatic rings. The van der Waals surface area contributed by atoms with Gasteiger partial charge < -0.3 is 13.9 Å². The second-order valence-corrected chi connectivity index (χ2v) is 7.84. The van der Waals surface area contributed by atoms with Crippen LogP contribution in [0.15, 0.2) is 57.7 Å². The minimum atomic E-state index is -0.339. The summed E-state index contributed by atoms with van der Waals surface area (Å²) in [6.07, 6.45) is 3.50. The van der Waals surface area contributed by atoms with Crippen molar-refractivity contribution in [2.75, 3.05) is 32.8 Å². The molecule has 0 amide bonds. The van der Waals surface area contributed by atoms with E-state index in [0.717, 1.165) is 17.6 Å². The van der Waals surface area contributed by atoms with Crippen LogP contribution in [-0.4, -0.2) is 43.7 Å². The van der Waals surface area contributed by atoms with Crippen LogP contribution in [0.3, 0.4) is 0 Å². The standard InChI is InChI=1S/C25H23NO5/c27-23(16-26-10-12-29-13-11-26)30-19-7-9-20-22(15-19)31-25-18(6-8-21(25)24(20)28)14-17-4-2-1-3-5-17/h1-5,7,9,14-15H,6,8,10-13,16H2/b18-14+. The zero-order valence-electron chi connectivity index (χ0n) is 17.1. The van der Waals surface area contributed by atoms with Crippen LogP contribution < -0.4 is 10.2 Å². The maximum atomic E-state index is 13.0. The van der Waals surface area contributed by atoms with Crippen molar-refractivity contribution in [3.05, 3.63) is 75.6 Å². The fourth-order valence-electron chi connectivity index (χ4n) is 4.13. The second-order valence-electron chi connectivity index (χ2n) is 7.84. The van der Waals surface area contributed by atoms with E-state index in [1.807, 2.05) is 35.2 Å². The van der Waals surface area contributed by atoms with Crippen molar-refractivity contribution in [1.29, 1.82) is 0 Å². The molecule has 0 unspecified atom stereocenters. The zero-order valence-corrected chi connectivity index (χ0v) is 17.1. The monoisotopic (exact) mass is 417 g/mol. The molecule has 31 heavy (non-hydrogen) atoms. The van der Waals surface area contributed by atoms with Crippen LogP contribution in [0.1, 0.15) is 23.3 Å². The first-order valence-corrected chi connectivity index (χ1v) is 10.5. The van der Waals surface area contributed by atoms with Crippen molar-refractivity contribution in [3.8, 4) is 5.75 Å². The van der Waals surface area contributed by atoms with E-state index in [-0.39, 0.29) is 17.9 Å². The highest BCUT2D eigenvalue weighted by Gasteiger charge is 2.24. The molecule has 2 aromatic carbocycles. The summed E-state index contributed by atoms with van der Waals surface area (Å²) in [5, 5.41) is 0.507. The number of rotatable bonds is 4. The Kier molecular flexibility index (Phi) is 5.40. The van der Waals surface area contributed by atoms with Crippen molar-refractivity contribution in [1.82, 2.24) is 4.90 Å². The van der Waals surface area contributed by atoms with E-state index in [1.165, 1.54) is 0 Å². The van der Waals surface area contributed by atoms with Crippen molar-refractivity contribution in [3.63, 3.8) is 0 Å². The largest absolute Gasteiger partial charge is 0.456 e. The molecule has 2 heterocycles. The third-order valence-corrected chi connectivity index (χ3v) is 5.72. The Morgan fingerprint density at radius 2 is 1.87 bits per heavy atom. The van der Waals surface area contributed by atoms with Gasteiger partial charge in [-0.1, -0.05) is 30.3 Å². The Labute approximate surface area is 179 Å². The number of benzene rings is 2. The lowest BCUT2D eigenvalue weighted by molar-refractivity contribution is -0.136. The Morgan fingerprint density at radius 3 is 2.68 bits per heavy atom. The van der Waals surface area contributed by atoms with E-state index in [0.29, 0.717) is 60.8 Å². The van der Waals surface area contributed by atoms with Gasteiger partial charge >= 0.3 is 5.97 Å². The molecule has 0 saturated carbocycles. The molecule has 158 valence electrons. The van der Waals surface area contributed by atoms with E-state index in [1.54, 1.807) is 18.2 Å². The fraction of sp³-hybridized carbons (Fsp3) is 0.280. The number of esters is 1. The average Bonchev–Trinajstić information content (AvgIpc) is 3.18. The Bertz CT molecular complexity index is 1210. The summed E-state index contributed by atoms with van der Waals surface area (Å²) >= 11 is 0. The van der Waals surface area contributed by atoms with Crippen molar-refractivity contribution < 1.29 is 18.7 Å². The molecule has 6 heteroatoms. The van der Waals surface area contributed by atoms with Crippen LogP contribution in [0.5, 0.6) is 5.75 Å². The molecule has 0 radical (unpaired) electrons. The molecular weight excluding hydrogens is 394 g/mol. The van der Waals surface area contributed by atoms with E-state index < -0.39 is 0 Å². The van der Waals surface area contributed by atoms with Gasteiger partial charge in [0, 0.05) is 24.7 Å². The third kappa shape index (κ3) is 4.17. The van der Waals surface area contributed by atoms with Gasteiger partial charge in [0.2, 0.25) is 0 Å². The lowest BCUT2D eigenvalue weighted by Gasteiger charge is -2.25. The maximum absolute atomic E-state index is 13.0. The molecule has 0 bridgehead atoms. The van der Waals surface area contributed by atoms with Gasteiger partial charge in [-0.2, -0.15) is 0 Å². The molecular formula is C25H23NO5. The van der Waals surface area contributed by atoms with Gasteiger partial charge in [-0.3, -0.25) is 14.5 Å². The highest BCUT2D eigenvalue weighted by molar-refractivity contribution is 5.87. The number of carbonyl (C=O) groups excluding carboxylic acids is 1. The summed E-state index contributed by atoms with van der Waals surface area (Å²) in [4.78, 5) is 27.3. The molecule has 1 aliphatic carbocycles. The highest BCUT2D eigenvalue weighted by Crippen LogP contribution is 2.34. The third-order valence-electron chi connectivity index (χ3n) is 5.72. The Morgan fingerprint density at radius 1 is 1.06 bits per heavy atom.